The average Bonchev–Trinajstić information content (AvgIpc) is 2.63. The molecule has 2 aromatic heterocycles. The van der Waals surface area contributed by atoms with Gasteiger partial charge >= 0.3 is 0 Å². The van der Waals surface area contributed by atoms with E-state index in [0.29, 0.717) is 5.92 Å². The zero-order chi connectivity index (χ0) is 9.26. The lowest BCUT2D eigenvalue weighted by Crippen LogP contribution is -1.94. The molecule has 0 aliphatic heterocycles. The molecule has 2 heterocycles. The Labute approximate surface area is 77.4 Å². The maximum absolute atomic E-state index is 3.96. The maximum atomic E-state index is 3.96. The summed E-state index contributed by atoms with van der Waals surface area (Å²) in [7, 11) is 0. The highest BCUT2D eigenvalue weighted by atomic mass is 15.2. The summed E-state index contributed by atoms with van der Waals surface area (Å²) < 4.78 is 1.96. The van der Waals surface area contributed by atoms with E-state index in [1.54, 1.807) is 6.33 Å². The van der Waals surface area contributed by atoms with Gasteiger partial charge in [0.15, 0.2) is 5.65 Å². The zero-order valence-corrected chi connectivity index (χ0v) is 7.94. The van der Waals surface area contributed by atoms with Gasteiger partial charge in [-0.3, -0.25) is 4.40 Å². The van der Waals surface area contributed by atoms with Crippen LogP contribution in [0.5, 0.6) is 0 Å². The van der Waals surface area contributed by atoms with E-state index >= 15 is 0 Å². The van der Waals surface area contributed by atoms with Crippen LogP contribution in [-0.4, -0.2) is 14.6 Å². The first-order valence-electron chi connectivity index (χ1n) is 4.60. The third-order valence-corrected chi connectivity index (χ3v) is 2.50. The van der Waals surface area contributed by atoms with Crippen LogP contribution in [-0.2, 0) is 0 Å². The third kappa shape index (κ3) is 1.41. The molecule has 0 aromatic carbocycles. The largest absolute Gasteiger partial charge is 0.289 e. The lowest BCUT2D eigenvalue weighted by Gasteiger charge is -2.08. The molecule has 0 spiro atoms. The van der Waals surface area contributed by atoms with E-state index in [1.165, 1.54) is 5.56 Å². The van der Waals surface area contributed by atoms with E-state index in [2.05, 4.69) is 36.3 Å². The summed E-state index contributed by atoms with van der Waals surface area (Å²) in [6.45, 7) is 4.42. The SMILES string of the molecule is CCC(C)c1ccc2nncn2c1. The van der Waals surface area contributed by atoms with E-state index in [-0.39, 0.29) is 0 Å². The number of fused-ring (bicyclic) bond motifs is 1. The highest BCUT2D eigenvalue weighted by molar-refractivity contribution is 5.38. The number of hydrogen-bond acceptors (Lipinski definition) is 2. The molecule has 3 heteroatoms. The van der Waals surface area contributed by atoms with Gasteiger partial charge in [0.05, 0.1) is 0 Å². The highest BCUT2D eigenvalue weighted by Gasteiger charge is 2.03. The van der Waals surface area contributed by atoms with Crippen LogP contribution in [0.2, 0.25) is 0 Å². The molecule has 2 aromatic rings. The first kappa shape index (κ1) is 8.23. The van der Waals surface area contributed by atoms with Crippen molar-refractivity contribution >= 4 is 5.65 Å². The molecule has 13 heavy (non-hydrogen) atoms. The van der Waals surface area contributed by atoms with Crippen molar-refractivity contribution in [2.45, 2.75) is 26.2 Å². The van der Waals surface area contributed by atoms with Gasteiger partial charge in [-0.2, -0.15) is 0 Å². The predicted molar refractivity (Wildman–Crippen MR) is 51.7 cm³/mol. The van der Waals surface area contributed by atoms with Crippen molar-refractivity contribution in [2.75, 3.05) is 0 Å². The summed E-state index contributed by atoms with van der Waals surface area (Å²) >= 11 is 0. The molecule has 1 unspecified atom stereocenters. The Morgan fingerprint density at radius 3 is 3.08 bits per heavy atom. The van der Waals surface area contributed by atoms with Crippen molar-refractivity contribution in [3.8, 4) is 0 Å². The Balaban J connectivity index is 2.48. The normalized spacial score (nSPS) is 13.4. The molecule has 0 N–H and O–H groups in total. The number of hydrogen-bond donors (Lipinski definition) is 0. The van der Waals surface area contributed by atoms with E-state index in [1.807, 2.05) is 10.5 Å². The van der Waals surface area contributed by atoms with Crippen molar-refractivity contribution in [1.29, 1.82) is 0 Å². The van der Waals surface area contributed by atoms with Gasteiger partial charge in [0.25, 0.3) is 0 Å². The molecule has 0 saturated heterocycles. The van der Waals surface area contributed by atoms with Gasteiger partial charge < -0.3 is 0 Å². The van der Waals surface area contributed by atoms with Crippen LogP contribution in [0.3, 0.4) is 0 Å². The topological polar surface area (TPSA) is 30.2 Å². The van der Waals surface area contributed by atoms with E-state index in [9.17, 15) is 0 Å². The Morgan fingerprint density at radius 2 is 2.31 bits per heavy atom. The van der Waals surface area contributed by atoms with Crippen molar-refractivity contribution in [3.05, 3.63) is 30.2 Å². The second-order valence-electron chi connectivity index (χ2n) is 3.37. The van der Waals surface area contributed by atoms with Gasteiger partial charge in [-0.15, -0.1) is 10.2 Å². The Kier molecular flexibility index (Phi) is 2.00. The Morgan fingerprint density at radius 1 is 1.46 bits per heavy atom. The quantitative estimate of drug-likeness (QED) is 0.700. The van der Waals surface area contributed by atoms with Crippen LogP contribution in [0.15, 0.2) is 24.7 Å². The van der Waals surface area contributed by atoms with Crippen LogP contribution in [0.25, 0.3) is 5.65 Å². The van der Waals surface area contributed by atoms with Crippen LogP contribution in [0.4, 0.5) is 0 Å². The summed E-state index contributed by atoms with van der Waals surface area (Å²) in [4.78, 5) is 0. The summed E-state index contributed by atoms with van der Waals surface area (Å²) in [6.07, 6.45) is 5.00. The van der Waals surface area contributed by atoms with E-state index in [0.717, 1.165) is 12.1 Å². The van der Waals surface area contributed by atoms with E-state index in [4.69, 9.17) is 0 Å². The fraction of sp³-hybridized carbons (Fsp3) is 0.400. The zero-order valence-electron chi connectivity index (χ0n) is 7.94. The lowest BCUT2D eigenvalue weighted by atomic mass is 10.0. The molecule has 2 rings (SSSR count). The third-order valence-electron chi connectivity index (χ3n) is 2.50. The minimum absolute atomic E-state index is 0.604. The van der Waals surface area contributed by atoms with Gasteiger partial charge in [-0.1, -0.05) is 19.9 Å². The fourth-order valence-electron chi connectivity index (χ4n) is 1.37. The number of rotatable bonds is 2. The molecule has 68 valence electrons. The number of aromatic nitrogens is 3. The Hall–Kier alpha value is -1.38. The molecule has 0 radical (unpaired) electrons. The van der Waals surface area contributed by atoms with Crippen LogP contribution in [0.1, 0.15) is 31.7 Å². The molecule has 0 aliphatic rings. The van der Waals surface area contributed by atoms with Crippen molar-refractivity contribution in [2.24, 2.45) is 0 Å². The van der Waals surface area contributed by atoms with Gasteiger partial charge in [0.1, 0.15) is 6.33 Å². The monoisotopic (exact) mass is 175 g/mol. The molecule has 1 atom stereocenters. The summed E-state index contributed by atoms with van der Waals surface area (Å²) in [5.41, 5.74) is 2.25. The molecule has 0 bridgehead atoms. The van der Waals surface area contributed by atoms with Crippen LogP contribution in [0, 0.1) is 0 Å². The number of pyridine rings is 1. The van der Waals surface area contributed by atoms with Gasteiger partial charge in [-0.05, 0) is 24.0 Å². The van der Waals surface area contributed by atoms with E-state index < -0.39 is 0 Å². The van der Waals surface area contributed by atoms with Gasteiger partial charge in [-0.25, -0.2) is 0 Å². The predicted octanol–water partition coefficient (Wildman–Crippen LogP) is 2.24. The van der Waals surface area contributed by atoms with Gasteiger partial charge in [0, 0.05) is 6.20 Å². The van der Waals surface area contributed by atoms with Crippen molar-refractivity contribution in [3.63, 3.8) is 0 Å². The number of nitrogens with zero attached hydrogens (tertiary/aromatic N) is 3. The summed E-state index contributed by atoms with van der Waals surface area (Å²) in [5.74, 6) is 0.604. The lowest BCUT2D eigenvalue weighted by molar-refractivity contribution is 0.728. The standard InChI is InChI=1S/C10H13N3/c1-3-8(2)9-4-5-10-12-11-7-13(10)6-9/h4-8H,3H2,1-2H3. The Bertz CT molecular complexity index is 405. The smallest absolute Gasteiger partial charge is 0.160 e. The average molecular weight is 175 g/mol. The van der Waals surface area contributed by atoms with Gasteiger partial charge in [0.2, 0.25) is 0 Å². The summed E-state index contributed by atoms with van der Waals surface area (Å²) in [6, 6.07) is 4.13. The molecule has 3 nitrogen and oxygen atoms in total. The van der Waals surface area contributed by atoms with Crippen molar-refractivity contribution in [1.82, 2.24) is 14.6 Å². The minimum Gasteiger partial charge on any atom is -0.289 e. The second kappa shape index (κ2) is 3.17. The molecule has 0 aliphatic carbocycles. The molecule has 0 saturated carbocycles. The first-order chi connectivity index (χ1) is 6.31. The minimum atomic E-state index is 0.604. The molecular formula is C10H13N3. The molecule has 0 fully saturated rings. The molecule has 0 amide bonds. The fourth-order valence-corrected chi connectivity index (χ4v) is 1.37. The first-order valence-corrected chi connectivity index (χ1v) is 4.60. The highest BCUT2D eigenvalue weighted by Crippen LogP contribution is 2.18. The second-order valence-corrected chi connectivity index (χ2v) is 3.37. The van der Waals surface area contributed by atoms with Crippen molar-refractivity contribution < 1.29 is 0 Å². The summed E-state index contributed by atoms with van der Waals surface area (Å²) in [5, 5.41) is 7.80. The maximum Gasteiger partial charge on any atom is 0.160 e. The van der Waals surface area contributed by atoms with Crippen LogP contribution >= 0.6 is 0 Å². The molecular weight excluding hydrogens is 162 g/mol. The van der Waals surface area contributed by atoms with Crippen LogP contribution < -0.4 is 0 Å².